The highest BCUT2D eigenvalue weighted by Crippen LogP contribution is 2.17. The molecule has 0 saturated heterocycles. The summed E-state index contributed by atoms with van der Waals surface area (Å²) >= 11 is 0. The molecule has 1 fully saturated rings. The largest absolute Gasteiger partial charge is 0.352 e. The fourth-order valence-electron chi connectivity index (χ4n) is 3.13. The van der Waals surface area contributed by atoms with Crippen molar-refractivity contribution in [3.05, 3.63) is 27.7 Å². The zero-order valence-electron chi connectivity index (χ0n) is 12.2. The van der Waals surface area contributed by atoms with Crippen molar-refractivity contribution in [1.82, 2.24) is 20.4 Å². The zero-order valence-corrected chi connectivity index (χ0v) is 12.2. The van der Waals surface area contributed by atoms with Gasteiger partial charge >= 0.3 is 0 Å². The molecule has 0 unspecified atom stereocenters. The third-order valence-corrected chi connectivity index (χ3v) is 4.28. The van der Waals surface area contributed by atoms with Crippen molar-refractivity contribution in [1.29, 1.82) is 0 Å². The lowest BCUT2D eigenvalue weighted by Gasteiger charge is -2.23. The average Bonchev–Trinajstić information content (AvgIpc) is 2.49. The summed E-state index contributed by atoms with van der Waals surface area (Å²) in [4.78, 5) is 24.1. The van der Waals surface area contributed by atoms with Crippen LogP contribution in [0.15, 0.2) is 10.9 Å². The molecule has 0 spiro atoms. The van der Waals surface area contributed by atoms with Gasteiger partial charge in [0.05, 0.1) is 5.69 Å². The summed E-state index contributed by atoms with van der Waals surface area (Å²) in [5.41, 5.74) is 1.69. The van der Waals surface area contributed by atoms with E-state index >= 15 is 0 Å². The molecule has 0 aromatic carbocycles. The maximum absolute atomic E-state index is 12.1. The zero-order chi connectivity index (χ0) is 14.7. The van der Waals surface area contributed by atoms with E-state index in [2.05, 4.69) is 15.7 Å². The first kappa shape index (κ1) is 14.3. The lowest BCUT2D eigenvalue weighted by atomic mass is 9.95. The molecule has 1 aromatic rings. The third-order valence-electron chi connectivity index (χ3n) is 4.28. The smallest absolute Gasteiger partial charge is 0.267 e. The van der Waals surface area contributed by atoms with E-state index in [1.54, 1.807) is 6.07 Å². The molecular weight excluding hydrogens is 268 g/mol. The predicted molar refractivity (Wildman–Crippen MR) is 78.9 cm³/mol. The van der Waals surface area contributed by atoms with E-state index in [0.29, 0.717) is 6.54 Å². The van der Waals surface area contributed by atoms with E-state index < -0.39 is 0 Å². The number of amides is 1. The van der Waals surface area contributed by atoms with Crippen LogP contribution >= 0.6 is 0 Å². The second-order valence-corrected chi connectivity index (χ2v) is 5.94. The summed E-state index contributed by atoms with van der Waals surface area (Å²) in [5, 5.41) is 10.6. The lowest BCUT2D eigenvalue weighted by Crippen LogP contribution is -2.41. The van der Waals surface area contributed by atoms with E-state index in [1.807, 2.05) is 0 Å². The average molecular weight is 290 g/mol. The Morgan fingerprint density at radius 2 is 2.19 bits per heavy atom. The van der Waals surface area contributed by atoms with Crippen LogP contribution in [-0.4, -0.2) is 28.3 Å². The van der Waals surface area contributed by atoms with Gasteiger partial charge in [-0.1, -0.05) is 19.3 Å². The van der Waals surface area contributed by atoms with E-state index in [0.717, 1.165) is 37.1 Å². The number of fused-ring (bicyclic) bond motifs is 1. The summed E-state index contributed by atoms with van der Waals surface area (Å²) in [6.45, 7) is 1.58. The van der Waals surface area contributed by atoms with E-state index in [4.69, 9.17) is 0 Å². The summed E-state index contributed by atoms with van der Waals surface area (Å²) in [7, 11) is 0. The molecule has 0 bridgehead atoms. The molecule has 21 heavy (non-hydrogen) atoms. The summed E-state index contributed by atoms with van der Waals surface area (Å²) in [6, 6.07) is 1.87. The Hall–Kier alpha value is -1.69. The highest BCUT2D eigenvalue weighted by molar-refractivity contribution is 5.75. The highest BCUT2D eigenvalue weighted by atomic mass is 16.2. The molecule has 3 rings (SSSR count). The van der Waals surface area contributed by atoms with Crippen LogP contribution in [0.1, 0.15) is 43.4 Å². The quantitative estimate of drug-likeness (QED) is 0.841. The monoisotopic (exact) mass is 290 g/mol. The van der Waals surface area contributed by atoms with Crippen molar-refractivity contribution in [2.24, 2.45) is 0 Å². The molecule has 6 nitrogen and oxygen atoms in total. The van der Waals surface area contributed by atoms with Gasteiger partial charge in [-0.25, -0.2) is 4.68 Å². The molecule has 1 aromatic heterocycles. The number of nitrogens with zero attached hydrogens (tertiary/aromatic N) is 2. The minimum atomic E-state index is -0.198. The van der Waals surface area contributed by atoms with Crippen LogP contribution in [0.2, 0.25) is 0 Å². The SMILES string of the molecule is O=C(Cn1nc2c(cc1=O)CNCC2)NC1CCCCC1. The third kappa shape index (κ3) is 3.50. The van der Waals surface area contributed by atoms with Crippen molar-refractivity contribution in [3.63, 3.8) is 0 Å². The number of aromatic nitrogens is 2. The maximum Gasteiger partial charge on any atom is 0.267 e. The molecule has 0 radical (unpaired) electrons. The number of rotatable bonds is 3. The summed E-state index contributed by atoms with van der Waals surface area (Å²) < 4.78 is 1.29. The Kier molecular flexibility index (Phi) is 4.34. The van der Waals surface area contributed by atoms with Crippen LogP contribution in [0.3, 0.4) is 0 Å². The second-order valence-electron chi connectivity index (χ2n) is 5.94. The number of hydrogen-bond donors (Lipinski definition) is 2. The molecule has 2 heterocycles. The fraction of sp³-hybridized carbons (Fsp3) is 0.667. The Labute approximate surface area is 123 Å². The van der Waals surface area contributed by atoms with Crippen LogP contribution in [0.25, 0.3) is 0 Å². The molecule has 1 amide bonds. The molecule has 2 N–H and O–H groups in total. The lowest BCUT2D eigenvalue weighted by molar-refractivity contribution is -0.122. The Balaban J connectivity index is 1.66. The van der Waals surface area contributed by atoms with Gasteiger partial charge in [0.25, 0.3) is 5.56 Å². The Bertz CT molecular complexity index is 576. The normalized spacial score (nSPS) is 19.0. The van der Waals surface area contributed by atoms with Gasteiger partial charge in [0, 0.05) is 31.6 Å². The van der Waals surface area contributed by atoms with E-state index in [9.17, 15) is 9.59 Å². The highest BCUT2D eigenvalue weighted by Gasteiger charge is 2.18. The van der Waals surface area contributed by atoms with Crippen LogP contribution in [0.4, 0.5) is 0 Å². The van der Waals surface area contributed by atoms with Crippen molar-refractivity contribution >= 4 is 5.91 Å². The van der Waals surface area contributed by atoms with Crippen molar-refractivity contribution in [2.75, 3.05) is 6.54 Å². The van der Waals surface area contributed by atoms with Gasteiger partial charge in [-0.15, -0.1) is 0 Å². The Morgan fingerprint density at radius 1 is 1.38 bits per heavy atom. The number of carbonyl (C=O) groups excluding carboxylic acids is 1. The Morgan fingerprint density at radius 3 is 3.00 bits per heavy atom. The minimum Gasteiger partial charge on any atom is -0.352 e. The molecule has 2 aliphatic rings. The maximum atomic E-state index is 12.1. The van der Waals surface area contributed by atoms with Gasteiger partial charge in [-0.3, -0.25) is 9.59 Å². The molecule has 0 atom stereocenters. The van der Waals surface area contributed by atoms with Gasteiger partial charge in [0.1, 0.15) is 6.54 Å². The van der Waals surface area contributed by atoms with Gasteiger partial charge in [-0.05, 0) is 18.4 Å². The first-order valence-corrected chi connectivity index (χ1v) is 7.82. The number of carbonyl (C=O) groups is 1. The molecule has 1 saturated carbocycles. The predicted octanol–water partition coefficient (Wildman–Crippen LogP) is 0.338. The summed E-state index contributed by atoms with van der Waals surface area (Å²) in [5.74, 6) is -0.106. The van der Waals surface area contributed by atoms with Crippen LogP contribution in [0, 0.1) is 0 Å². The minimum absolute atomic E-state index is 0.0239. The van der Waals surface area contributed by atoms with Crippen LogP contribution < -0.4 is 16.2 Å². The van der Waals surface area contributed by atoms with E-state index in [1.165, 1.54) is 23.9 Å². The van der Waals surface area contributed by atoms with Crippen LogP contribution in [-0.2, 0) is 24.3 Å². The number of nitrogens with one attached hydrogen (secondary N) is 2. The second kappa shape index (κ2) is 6.39. The van der Waals surface area contributed by atoms with Gasteiger partial charge in [0.2, 0.25) is 5.91 Å². The van der Waals surface area contributed by atoms with Crippen molar-refractivity contribution in [3.8, 4) is 0 Å². The molecule has 1 aliphatic heterocycles. The van der Waals surface area contributed by atoms with Gasteiger partial charge in [-0.2, -0.15) is 5.10 Å². The molecule has 1 aliphatic carbocycles. The fourth-order valence-corrected chi connectivity index (χ4v) is 3.13. The van der Waals surface area contributed by atoms with Gasteiger partial charge in [0.15, 0.2) is 0 Å². The van der Waals surface area contributed by atoms with Crippen LogP contribution in [0.5, 0.6) is 0 Å². The van der Waals surface area contributed by atoms with Crippen molar-refractivity contribution in [2.45, 2.75) is 57.7 Å². The standard InChI is InChI=1S/C15H22N4O2/c20-14(17-12-4-2-1-3-5-12)10-19-15(21)8-11-9-16-7-6-13(11)18-19/h8,12,16H,1-7,9-10H2,(H,17,20). The van der Waals surface area contributed by atoms with E-state index in [-0.39, 0.29) is 24.1 Å². The molecule has 6 heteroatoms. The molecular formula is C15H22N4O2. The topological polar surface area (TPSA) is 76.0 Å². The molecule has 114 valence electrons. The summed E-state index contributed by atoms with van der Waals surface area (Å²) in [6.07, 6.45) is 6.50. The first-order valence-electron chi connectivity index (χ1n) is 7.82. The first-order chi connectivity index (χ1) is 10.2. The van der Waals surface area contributed by atoms with Gasteiger partial charge < -0.3 is 10.6 Å². The van der Waals surface area contributed by atoms with Crippen molar-refractivity contribution < 1.29 is 4.79 Å². The number of hydrogen-bond acceptors (Lipinski definition) is 4.